The summed E-state index contributed by atoms with van der Waals surface area (Å²) in [6, 6.07) is 6.04. The Morgan fingerprint density at radius 3 is 2.61 bits per heavy atom. The second-order valence-corrected chi connectivity index (χ2v) is 7.13. The van der Waals surface area contributed by atoms with Crippen molar-refractivity contribution in [2.45, 2.75) is 37.7 Å². The first kappa shape index (κ1) is 18.0. The topological polar surface area (TPSA) is 47.8 Å². The van der Waals surface area contributed by atoms with Gasteiger partial charge in [-0.1, -0.05) is 30.8 Å². The molecule has 1 heterocycles. The van der Waals surface area contributed by atoms with Crippen molar-refractivity contribution in [1.29, 1.82) is 0 Å². The van der Waals surface area contributed by atoms with Gasteiger partial charge in [0.2, 0.25) is 0 Å². The van der Waals surface area contributed by atoms with Crippen LogP contribution in [-0.4, -0.2) is 32.1 Å². The lowest BCUT2D eigenvalue weighted by Gasteiger charge is -2.06. The number of thioether (sulfide) groups is 2. The number of hydrogen-bond acceptors (Lipinski definition) is 5. The fraction of sp³-hybridized carbons (Fsp3) is 0.438. The van der Waals surface area contributed by atoms with Crippen molar-refractivity contribution in [3.63, 3.8) is 0 Å². The molecule has 0 aliphatic heterocycles. The van der Waals surface area contributed by atoms with Crippen LogP contribution in [0.4, 0.5) is 4.39 Å². The fourth-order valence-corrected chi connectivity index (χ4v) is 3.55. The molecule has 0 radical (unpaired) electrons. The summed E-state index contributed by atoms with van der Waals surface area (Å²) in [6.07, 6.45) is 0.312. The van der Waals surface area contributed by atoms with E-state index in [1.807, 2.05) is 6.92 Å². The number of hydrogen-bond donors (Lipinski definition) is 0. The summed E-state index contributed by atoms with van der Waals surface area (Å²) in [5.41, 5.74) is 0.828. The highest BCUT2D eigenvalue weighted by Crippen LogP contribution is 2.20. The number of rotatable bonds is 9. The van der Waals surface area contributed by atoms with Crippen molar-refractivity contribution in [2.24, 2.45) is 0 Å². The third kappa shape index (κ3) is 5.35. The Balaban J connectivity index is 1.91. The molecule has 0 fully saturated rings. The van der Waals surface area contributed by atoms with Crippen LogP contribution in [0.25, 0.3) is 0 Å². The number of carbonyl (C=O) groups is 1. The second-order valence-electron chi connectivity index (χ2n) is 4.91. The average molecular weight is 353 g/mol. The molecule has 1 aromatic heterocycles. The molecule has 0 saturated heterocycles. The lowest BCUT2D eigenvalue weighted by molar-refractivity contribution is -0.116. The van der Waals surface area contributed by atoms with Gasteiger partial charge in [0.15, 0.2) is 5.16 Å². The second kappa shape index (κ2) is 9.08. The zero-order valence-electron chi connectivity index (χ0n) is 13.3. The Morgan fingerprint density at radius 1 is 1.22 bits per heavy atom. The maximum absolute atomic E-state index is 12.9. The summed E-state index contributed by atoms with van der Waals surface area (Å²) in [5, 5.41) is 9.19. The number of halogens is 1. The normalized spacial score (nSPS) is 10.9. The van der Waals surface area contributed by atoms with Gasteiger partial charge in [-0.3, -0.25) is 4.79 Å². The van der Waals surface area contributed by atoms with Gasteiger partial charge in [0.1, 0.15) is 17.4 Å². The van der Waals surface area contributed by atoms with Crippen molar-refractivity contribution >= 4 is 29.3 Å². The molecule has 2 aromatic rings. The average Bonchev–Trinajstić information content (AvgIpc) is 2.95. The van der Waals surface area contributed by atoms with Gasteiger partial charge < -0.3 is 4.57 Å². The van der Waals surface area contributed by atoms with Gasteiger partial charge >= 0.3 is 0 Å². The highest BCUT2D eigenvalue weighted by Gasteiger charge is 2.13. The standard InChI is InChI=1S/C16H20FN3OS2/c1-3-20-15(11-22-4-2)18-19-16(20)23-10-14(21)9-12-5-7-13(17)8-6-12/h5-8H,3-4,9-11H2,1-2H3. The first-order valence-corrected chi connectivity index (χ1v) is 9.66. The number of carbonyl (C=O) groups excluding carboxylic acids is 1. The minimum Gasteiger partial charge on any atom is -0.306 e. The maximum Gasteiger partial charge on any atom is 0.191 e. The maximum atomic E-state index is 12.9. The van der Waals surface area contributed by atoms with E-state index in [-0.39, 0.29) is 11.6 Å². The monoisotopic (exact) mass is 353 g/mol. The number of benzene rings is 1. The molecular formula is C16H20FN3OS2. The SMILES string of the molecule is CCSCc1nnc(SCC(=O)Cc2ccc(F)cc2)n1CC. The molecular weight excluding hydrogens is 333 g/mol. The van der Waals surface area contributed by atoms with Gasteiger partial charge in [0.05, 0.1) is 11.5 Å². The predicted octanol–water partition coefficient (Wildman–Crippen LogP) is 3.59. The van der Waals surface area contributed by atoms with Crippen LogP contribution in [0.2, 0.25) is 0 Å². The summed E-state index contributed by atoms with van der Waals surface area (Å²) in [4.78, 5) is 12.1. The molecule has 1 aromatic carbocycles. The van der Waals surface area contributed by atoms with Crippen molar-refractivity contribution in [2.75, 3.05) is 11.5 Å². The van der Waals surface area contributed by atoms with Gasteiger partial charge in [-0.25, -0.2) is 4.39 Å². The van der Waals surface area contributed by atoms with Gasteiger partial charge in [-0.2, -0.15) is 11.8 Å². The summed E-state index contributed by atoms with van der Waals surface area (Å²) >= 11 is 3.21. The number of ketones is 1. The van der Waals surface area contributed by atoms with Crippen LogP contribution in [0.3, 0.4) is 0 Å². The van der Waals surface area contributed by atoms with Gasteiger partial charge in [-0.15, -0.1) is 10.2 Å². The van der Waals surface area contributed by atoms with Crippen LogP contribution < -0.4 is 0 Å². The summed E-state index contributed by atoms with van der Waals surface area (Å²) < 4.78 is 14.9. The Morgan fingerprint density at radius 2 is 1.96 bits per heavy atom. The van der Waals surface area contributed by atoms with Gasteiger partial charge in [0, 0.05) is 13.0 Å². The van der Waals surface area contributed by atoms with E-state index in [0.717, 1.165) is 34.6 Å². The highest BCUT2D eigenvalue weighted by molar-refractivity contribution is 7.99. The van der Waals surface area contributed by atoms with Crippen LogP contribution in [0, 0.1) is 5.82 Å². The molecule has 0 N–H and O–H groups in total. The van der Waals surface area contributed by atoms with E-state index in [2.05, 4.69) is 21.7 Å². The van der Waals surface area contributed by atoms with Crippen molar-refractivity contribution < 1.29 is 9.18 Å². The molecule has 124 valence electrons. The lowest BCUT2D eigenvalue weighted by Crippen LogP contribution is -2.08. The zero-order chi connectivity index (χ0) is 16.7. The fourth-order valence-electron chi connectivity index (χ4n) is 2.07. The van der Waals surface area contributed by atoms with Gasteiger partial charge in [0.25, 0.3) is 0 Å². The van der Waals surface area contributed by atoms with E-state index in [9.17, 15) is 9.18 Å². The molecule has 0 unspecified atom stereocenters. The number of aromatic nitrogens is 3. The van der Waals surface area contributed by atoms with E-state index in [4.69, 9.17) is 0 Å². The van der Waals surface area contributed by atoms with Crippen LogP contribution in [0.5, 0.6) is 0 Å². The Kier molecular flexibility index (Phi) is 7.11. The predicted molar refractivity (Wildman–Crippen MR) is 93.4 cm³/mol. The Hall–Kier alpha value is -1.34. The molecule has 0 aliphatic carbocycles. The lowest BCUT2D eigenvalue weighted by atomic mass is 10.1. The Bertz CT molecular complexity index is 643. The minimum atomic E-state index is -0.288. The highest BCUT2D eigenvalue weighted by atomic mass is 32.2. The molecule has 0 amide bonds. The molecule has 23 heavy (non-hydrogen) atoms. The zero-order valence-corrected chi connectivity index (χ0v) is 14.9. The molecule has 2 rings (SSSR count). The molecule has 7 heteroatoms. The van der Waals surface area contributed by atoms with Crippen LogP contribution in [0.15, 0.2) is 29.4 Å². The number of nitrogens with zero attached hydrogens (tertiary/aromatic N) is 3. The summed E-state index contributed by atoms with van der Waals surface area (Å²) in [7, 11) is 0. The van der Waals surface area contributed by atoms with E-state index < -0.39 is 0 Å². The molecule has 0 bridgehead atoms. The Labute approximate surface area is 144 Å². The van der Waals surface area contributed by atoms with E-state index in [1.165, 1.54) is 23.9 Å². The van der Waals surface area contributed by atoms with Crippen molar-refractivity contribution in [1.82, 2.24) is 14.8 Å². The number of Topliss-reactive ketones (excluding diaryl/α,β-unsaturated/α-hetero) is 1. The third-order valence-corrected chi connectivity index (χ3v) is 5.12. The minimum absolute atomic E-state index is 0.0942. The smallest absolute Gasteiger partial charge is 0.191 e. The van der Waals surface area contributed by atoms with Crippen LogP contribution >= 0.6 is 23.5 Å². The largest absolute Gasteiger partial charge is 0.306 e. The molecule has 0 spiro atoms. The third-order valence-electron chi connectivity index (χ3n) is 3.22. The van der Waals surface area contributed by atoms with E-state index >= 15 is 0 Å². The molecule has 0 aliphatic rings. The summed E-state index contributed by atoms with van der Waals surface area (Å²) in [6.45, 7) is 4.95. The molecule has 0 saturated carbocycles. The molecule has 4 nitrogen and oxygen atoms in total. The first-order chi connectivity index (χ1) is 11.1. The van der Waals surface area contributed by atoms with E-state index in [1.54, 1.807) is 23.9 Å². The van der Waals surface area contributed by atoms with Gasteiger partial charge in [-0.05, 0) is 30.4 Å². The first-order valence-electron chi connectivity index (χ1n) is 7.52. The quantitative estimate of drug-likeness (QED) is 0.645. The van der Waals surface area contributed by atoms with Crippen LogP contribution in [0.1, 0.15) is 25.2 Å². The van der Waals surface area contributed by atoms with E-state index in [0.29, 0.717) is 12.2 Å². The van der Waals surface area contributed by atoms with Crippen molar-refractivity contribution in [3.8, 4) is 0 Å². The molecule has 0 atom stereocenters. The van der Waals surface area contributed by atoms with Crippen LogP contribution in [-0.2, 0) is 23.5 Å². The van der Waals surface area contributed by atoms with Crippen molar-refractivity contribution in [3.05, 3.63) is 41.5 Å². The summed E-state index contributed by atoms with van der Waals surface area (Å²) in [5.74, 6) is 2.97.